The van der Waals surface area contributed by atoms with Gasteiger partial charge in [0.2, 0.25) is 11.8 Å². The summed E-state index contributed by atoms with van der Waals surface area (Å²) in [5, 5.41) is 17.9. The molecule has 1 aromatic rings. The third kappa shape index (κ3) is 7.77. The fourth-order valence-electron chi connectivity index (χ4n) is 6.39. The minimum atomic E-state index is -1.10. The van der Waals surface area contributed by atoms with Crippen LogP contribution in [0.1, 0.15) is 70.8 Å². The number of pyridine rings is 1. The summed E-state index contributed by atoms with van der Waals surface area (Å²) in [5.41, 5.74) is 0.976. The fourth-order valence-corrected chi connectivity index (χ4v) is 6.39. The highest BCUT2D eigenvalue weighted by molar-refractivity contribution is 5.96. The Hall–Kier alpha value is -2.27. The van der Waals surface area contributed by atoms with E-state index in [-0.39, 0.29) is 29.8 Å². The minimum Gasteiger partial charge on any atom is -0.496 e. The monoisotopic (exact) mass is 574 g/mol. The molecule has 10 heteroatoms. The van der Waals surface area contributed by atoms with Gasteiger partial charge in [-0.15, -0.1) is 0 Å². The van der Waals surface area contributed by atoms with Crippen molar-refractivity contribution in [3.05, 3.63) is 17.8 Å². The average Bonchev–Trinajstić information content (AvgIpc) is 3.81. The minimum absolute atomic E-state index is 0.0369. The van der Waals surface area contributed by atoms with Gasteiger partial charge in [0.1, 0.15) is 11.6 Å². The average molecular weight is 575 g/mol. The van der Waals surface area contributed by atoms with Gasteiger partial charge in [0.15, 0.2) is 0 Å². The van der Waals surface area contributed by atoms with Crippen molar-refractivity contribution in [3.8, 4) is 5.75 Å². The number of carbonyl (C=O) groups excluding carboxylic acids is 2. The van der Waals surface area contributed by atoms with Crippen LogP contribution in [-0.2, 0) is 19.1 Å². The standard InChI is InChI=1S/C31H50N4O6/c1-6-41-18-26(21-9-7-20(8-10-21)17-39-4)34-30(37)24-14-32-15-25(29(24)36)31(38)35(22-11-12-22)28-13-27(40-5)23(16-33-28)19(2)3/h13,16,19-22,24-26,29,32,36H,6-12,14-15,17-18H2,1-5H3,(H,34,37)/t20?,21?,24-,25+,26+,29-/m1/s1. The molecule has 1 saturated heterocycles. The molecule has 2 saturated carbocycles. The summed E-state index contributed by atoms with van der Waals surface area (Å²) in [6.07, 6.45) is 6.56. The van der Waals surface area contributed by atoms with Crippen molar-refractivity contribution in [1.29, 1.82) is 0 Å². The van der Waals surface area contributed by atoms with Crippen LogP contribution < -0.4 is 20.3 Å². The summed E-state index contributed by atoms with van der Waals surface area (Å²) in [6.45, 7) is 8.50. The van der Waals surface area contributed by atoms with E-state index in [0.717, 1.165) is 50.7 Å². The number of carbonyl (C=O) groups is 2. The van der Waals surface area contributed by atoms with Crippen molar-refractivity contribution in [2.45, 2.75) is 83.4 Å². The Kier molecular flexibility index (Phi) is 11.4. The van der Waals surface area contributed by atoms with Gasteiger partial charge >= 0.3 is 0 Å². The van der Waals surface area contributed by atoms with Gasteiger partial charge in [-0.05, 0) is 63.2 Å². The molecule has 2 heterocycles. The molecule has 0 aromatic carbocycles. The highest BCUT2D eigenvalue weighted by Gasteiger charge is 2.46. The van der Waals surface area contributed by atoms with Crippen molar-refractivity contribution < 1.29 is 28.9 Å². The van der Waals surface area contributed by atoms with Gasteiger partial charge in [0, 0.05) is 57.3 Å². The molecule has 10 nitrogen and oxygen atoms in total. The normalized spacial score (nSPS) is 27.3. The molecule has 230 valence electrons. The van der Waals surface area contributed by atoms with Crippen LogP contribution in [0.2, 0.25) is 0 Å². The number of anilines is 1. The van der Waals surface area contributed by atoms with E-state index in [1.165, 1.54) is 0 Å². The maximum atomic E-state index is 14.0. The zero-order valence-electron chi connectivity index (χ0n) is 25.4. The molecule has 41 heavy (non-hydrogen) atoms. The number of hydrogen-bond acceptors (Lipinski definition) is 8. The molecule has 3 aliphatic rings. The van der Waals surface area contributed by atoms with E-state index >= 15 is 0 Å². The molecular weight excluding hydrogens is 524 g/mol. The number of amides is 2. The zero-order valence-corrected chi connectivity index (χ0v) is 25.4. The predicted molar refractivity (Wildman–Crippen MR) is 157 cm³/mol. The summed E-state index contributed by atoms with van der Waals surface area (Å²) in [6, 6.07) is 1.72. The van der Waals surface area contributed by atoms with Gasteiger partial charge < -0.3 is 30.0 Å². The Morgan fingerprint density at radius 1 is 1.12 bits per heavy atom. The summed E-state index contributed by atoms with van der Waals surface area (Å²) < 4.78 is 16.7. The Balaban J connectivity index is 1.45. The van der Waals surface area contributed by atoms with Crippen LogP contribution in [0.15, 0.2) is 12.3 Å². The van der Waals surface area contributed by atoms with Gasteiger partial charge in [-0.25, -0.2) is 4.98 Å². The smallest absolute Gasteiger partial charge is 0.235 e. The molecule has 0 radical (unpaired) electrons. The highest BCUT2D eigenvalue weighted by atomic mass is 16.5. The summed E-state index contributed by atoms with van der Waals surface area (Å²) in [5.74, 6) is 0.381. The number of aliphatic hydroxyl groups excluding tert-OH is 1. The van der Waals surface area contributed by atoms with E-state index in [9.17, 15) is 14.7 Å². The quantitative estimate of drug-likeness (QED) is 0.329. The maximum Gasteiger partial charge on any atom is 0.235 e. The largest absolute Gasteiger partial charge is 0.496 e. The van der Waals surface area contributed by atoms with Gasteiger partial charge in [0.25, 0.3) is 0 Å². The summed E-state index contributed by atoms with van der Waals surface area (Å²) >= 11 is 0. The lowest BCUT2D eigenvalue weighted by molar-refractivity contribution is -0.137. The van der Waals surface area contributed by atoms with E-state index in [4.69, 9.17) is 14.2 Å². The molecule has 4 rings (SSSR count). The number of aromatic nitrogens is 1. The summed E-state index contributed by atoms with van der Waals surface area (Å²) in [7, 11) is 3.36. The molecule has 3 fully saturated rings. The molecule has 1 aromatic heterocycles. The molecule has 3 N–H and O–H groups in total. The number of methoxy groups -OCH3 is 2. The van der Waals surface area contributed by atoms with Crippen LogP contribution >= 0.6 is 0 Å². The Bertz CT molecular complexity index is 1010. The number of aliphatic hydroxyl groups is 1. The molecule has 2 amide bonds. The van der Waals surface area contributed by atoms with E-state index in [1.807, 2.05) is 13.0 Å². The zero-order chi connectivity index (χ0) is 29.5. The second kappa shape index (κ2) is 14.8. The first-order valence-electron chi connectivity index (χ1n) is 15.4. The maximum absolute atomic E-state index is 14.0. The third-order valence-electron chi connectivity index (χ3n) is 9.02. The second-order valence-corrected chi connectivity index (χ2v) is 12.3. The Morgan fingerprint density at radius 2 is 1.83 bits per heavy atom. The van der Waals surface area contributed by atoms with E-state index in [2.05, 4.69) is 29.5 Å². The Labute approximate surface area is 244 Å². The predicted octanol–water partition coefficient (Wildman–Crippen LogP) is 2.88. The van der Waals surface area contributed by atoms with Crippen molar-refractivity contribution in [3.63, 3.8) is 0 Å². The van der Waals surface area contributed by atoms with Crippen LogP contribution in [0.5, 0.6) is 5.75 Å². The van der Waals surface area contributed by atoms with Crippen molar-refractivity contribution >= 4 is 17.6 Å². The number of ether oxygens (including phenoxy) is 3. The first-order valence-corrected chi connectivity index (χ1v) is 15.4. The first-order chi connectivity index (χ1) is 19.8. The van der Waals surface area contributed by atoms with Gasteiger partial charge in [-0.2, -0.15) is 0 Å². The lowest BCUT2D eigenvalue weighted by Crippen LogP contribution is -2.59. The molecule has 0 unspecified atom stereocenters. The molecule has 4 atom stereocenters. The molecule has 2 aliphatic carbocycles. The molecule has 0 spiro atoms. The van der Waals surface area contributed by atoms with Gasteiger partial charge in [-0.3, -0.25) is 14.5 Å². The number of rotatable bonds is 13. The summed E-state index contributed by atoms with van der Waals surface area (Å²) in [4.78, 5) is 33.9. The van der Waals surface area contributed by atoms with Crippen molar-refractivity contribution in [2.24, 2.45) is 23.7 Å². The first kappa shape index (κ1) is 31.7. The molecular formula is C31H50N4O6. The third-order valence-corrected chi connectivity index (χ3v) is 9.02. The number of nitrogens with one attached hydrogen (secondary N) is 2. The highest BCUT2D eigenvalue weighted by Crippen LogP contribution is 2.37. The SMILES string of the molecule is CCOC[C@H](NC(=O)[C@@H]1CNC[C@H](C(=O)N(c2cc(OC)c(C(C)C)cn2)C2CC2)[C@@H]1O)C1CCC(COC)CC1. The second-order valence-electron chi connectivity index (χ2n) is 12.3. The van der Waals surface area contributed by atoms with Crippen LogP contribution in [0.25, 0.3) is 0 Å². The molecule has 0 bridgehead atoms. The lowest BCUT2D eigenvalue weighted by atomic mass is 9.78. The van der Waals surface area contributed by atoms with E-state index < -0.39 is 17.9 Å². The molecule has 1 aliphatic heterocycles. The fraction of sp³-hybridized carbons (Fsp3) is 0.774. The van der Waals surface area contributed by atoms with E-state index in [1.54, 1.807) is 25.3 Å². The van der Waals surface area contributed by atoms with Gasteiger partial charge in [-0.1, -0.05) is 13.8 Å². The number of nitrogens with zero attached hydrogens (tertiary/aromatic N) is 2. The van der Waals surface area contributed by atoms with Crippen LogP contribution in [-0.4, -0.2) is 87.2 Å². The van der Waals surface area contributed by atoms with Gasteiger partial charge in [0.05, 0.1) is 37.7 Å². The van der Waals surface area contributed by atoms with Crippen LogP contribution in [0.4, 0.5) is 5.82 Å². The Morgan fingerprint density at radius 3 is 2.44 bits per heavy atom. The van der Waals surface area contributed by atoms with Crippen LogP contribution in [0.3, 0.4) is 0 Å². The lowest BCUT2D eigenvalue weighted by Gasteiger charge is -2.38. The number of piperidine rings is 1. The van der Waals surface area contributed by atoms with E-state index in [0.29, 0.717) is 49.7 Å². The van der Waals surface area contributed by atoms with Crippen LogP contribution in [0, 0.1) is 23.7 Å². The van der Waals surface area contributed by atoms with Crippen molar-refractivity contribution in [2.75, 3.05) is 52.0 Å². The topological polar surface area (TPSA) is 122 Å². The number of hydrogen-bond donors (Lipinski definition) is 3. The van der Waals surface area contributed by atoms with Crippen molar-refractivity contribution in [1.82, 2.24) is 15.6 Å².